The third-order valence-corrected chi connectivity index (χ3v) is 12.2. The molecule has 0 aromatic heterocycles. The monoisotopic (exact) mass is 811 g/mol. The SMILES string of the molecule is Cc1ccccc1.N=C(N)c1ccccc1.NCc1cc2ccccc2cc1-c1ccc(-c2ccc(C3(c4ccccc4)c4ccccc4-c4c3ccc3ccccc43)cc2)cc1. The van der Waals surface area contributed by atoms with Crippen LogP contribution in [0.3, 0.4) is 0 Å². The lowest BCUT2D eigenvalue weighted by Crippen LogP contribution is -2.28. The third-order valence-electron chi connectivity index (χ3n) is 12.2. The first-order valence-electron chi connectivity index (χ1n) is 21.5. The van der Waals surface area contributed by atoms with Gasteiger partial charge >= 0.3 is 0 Å². The number of fused-ring (bicyclic) bond motifs is 6. The van der Waals surface area contributed by atoms with Crippen LogP contribution in [0.1, 0.15) is 38.9 Å². The van der Waals surface area contributed by atoms with Gasteiger partial charge in [0, 0.05) is 12.1 Å². The van der Waals surface area contributed by atoms with Gasteiger partial charge in [0.25, 0.3) is 0 Å². The van der Waals surface area contributed by atoms with Crippen molar-refractivity contribution in [1.29, 1.82) is 5.41 Å². The minimum Gasteiger partial charge on any atom is -0.384 e. The maximum absolute atomic E-state index is 7.01. The predicted molar refractivity (Wildman–Crippen MR) is 266 cm³/mol. The Balaban J connectivity index is 0.000000265. The van der Waals surface area contributed by atoms with Crippen molar-refractivity contribution in [2.45, 2.75) is 18.9 Å². The molecule has 1 unspecified atom stereocenters. The Kier molecular flexibility index (Phi) is 11.6. The van der Waals surface area contributed by atoms with E-state index in [-0.39, 0.29) is 5.84 Å². The molecule has 63 heavy (non-hydrogen) atoms. The normalized spacial score (nSPS) is 13.5. The van der Waals surface area contributed by atoms with E-state index in [1.807, 2.05) is 48.5 Å². The van der Waals surface area contributed by atoms with Crippen LogP contribution < -0.4 is 11.5 Å². The fourth-order valence-electron chi connectivity index (χ4n) is 9.16. The van der Waals surface area contributed by atoms with Gasteiger partial charge in [0.05, 0.1) is 5.41 Å². The second-order valence-electron chi connectivity index (χ2n) is 16.0. The van der Waals surface area contributed by atoms with Crippen molar-refractivity contribution < 1.29 is 0 Å². The molecular weight excluding hydrogens is 763 g/mol. The van der Waals surface area contributed by atoms with Crippen LogP contribution in [-0.4, -0.2) is 5.84 Å². The van der Waals surface area contributed by atoms with E-state index in [0.717, 1.165) is 11.1 Å². The largest absolute Gasteiger partial charge is 0.384 e. The molecule has 0 aliphatic heterocycles. The Morgan fingerprint density at radius 3 is 1.56 bits per heavy atom. The third kappa shape index (κ3) is 7.94. The zero-order chi connectivity index (χ0) is 43.2. The lowest BCUT2D eigenvalue weighted by molar-refractivity contribution is 0.769. The minimum absolute atomic E-state index is 0.121. The summed E-state index contributed by atoms with van der Waals surface area (Å²) in [4.78, 5) is 0. The average molecular weight is 812 g/mol. The Bertz CT molecular complexity index is 3160. The highest BCUT2D eigenvalue weighted by Crippen LogP contribution is 2.57. The molecule has 1 aliphatic carbocycles. The van der Waals surface area contributed by atoms with Crippen LogP contribution >= 0.6 is 0 Å². The average Bonchev–Trinajstić information content (AvgIpc) is 3.66. The van der Waals surface area contributed by atoms with E-state index in [1.165, 1.54) is 82.7 Å². The van der Waals surface area contributed by atoms with E-state index in [0.29, 0.717) is 6.54 Å². The summed E-state index contributed by atoms with van der Waals surface area (Å²) in [5.74, 6) is 0.121. The smallest absolute Gasteiger partial charge is 0.122 e. The minimum atomic E-state index is -0.422. The van der Waals surface area contributed by atoms with Crippen LogP contribution in [-0.2, 0) is 12.0 Å². The number of aryl methyl sites for hydroxylation is 1. The van der Waals surface area contributed by atoms with Crippen LogP contribution in [0.15, 0.2) is 237 Å². The van der Waals surface area contributed by atoms with Gasteiger partial charge in [0.1, 0.15) is 5.84 Å². The van der Waals surface area contributed by atoms with Crippen molar-refractivity contribution in [3.63, 3.8) is 0 Å². The zero-order valence-corrected chi connectivity index (χ0v) is 35.4. The van der Waals surface area contributed by atoms with Crippen molar-refractivity contribution in [3.8, 4) is 33.4 Å². The summed E-state index contributed by atoms with van der Waals surface area (Å²) in [5.41, 5.74) is 26.9. The molecule has 1 aliphatic rings. The molecule has 0 amide bonds. The number of nitrogen functional groups attached to an aromatic ring is 1. The lowest BCUT2D eigenvalue weighted by atomic mass is 9.67. The van der Waals surface area contributed by atoms with E-state index >= 15 is 0 Å². The van der Waals surface area contributed by atoms with Gasteiger partial charge in [-0.25, -0.2) is 0 Å². The van der Waals surface area contributed by atoms with Gasteiger partial charge in [-0.15, -0.1) is 0 Å². The lowest BCUT2D eigenvalue weighted by Gasteiger charge is -2.34. The molecule has 0 fully saturated rings. The summed E-state index contributed by atoms with van der Waals surface area (Å²) in [5, 5.41) is 12.0. The molecule has 304 valence electrons. The molecule has 3 heteroatoms. The van der Waals surface area contributed by atoms with Gasteiger partial charge in [-0.1, -0.05) is 230 Å². The molecule has 3 nitrogen and oxygen atoms in total. The summed E-state index contributed by atoms with van der Waals surface area (Å²) < 4.78 is 0. The molecule has 10 aromatic rings. The van der Waals surface area contributed by atoms with Crippen LogP contribution in [0.25, 0.3) is 54.9 Å². The maximum Gasteiger partial charge on any atom is 0.122 e. The Hall–Kier alpha value is -7.85. The number of hydrogen-bond acceptors (Lipinski definition) is 2. The van der Waals surface area contributed by atoms with E-state index in [1.54, 1.807) is 0 Å². The molecule has 5 N–H and O–H groups in total. The molecular formula is C60H49N3. The number of benzene rings is 10. The van der Waals surface area contributed by atoms with Gasteiger partial charge < -0.3 is 11.5 Å². The second kappa shape index (κ2) is 18.0. The molecule has 10 aromatic carbocycles. The van der Waals surface area contributed by atoms with E-state index in [4.69, 9.17) is 16.9 Å². The van der Waals surface area contributed by atoms with Crippen LogP contribution in [0.2, 0.25) is 0 Å². The van der Waals surface area contributed by atoms with Crippen molar-refractivity contribution in [2.75, 3.05) is 0 Å². The highest BCUT2D eigenvalue weighted by atomic mass is 14.7. The predicted octanol–water partition coefficient (Wildman–Crippen LogP) is 14.1. The summed E-state index contributed by atoms with van der Waals surface area (Å²) in [7, 11) is 0. The Morgan fingerprint density at radius 2 is 0.952 bits per heavy atom. The van der Waals surface area contributed by atoms with Crippen LogP contribution in [0.4, 0.5) is 0 Å². The zero-order valence-electron chi connectivity index (χ0n) is 35.4. The van der Waals surface area contributed by atoms with Gasteiger partial charge in [-0.2, -0.15) is 0 Å². The number of nitrogens with one attached hydrogen (secondary N) is 1. The van der Waals surface area contributed by atoms with Gasteiger partial charge in [-0.3, -0.25) is 5.41 Å². The fourth-order valence-corrected chi connectivity index (χ4v) is 9.16. The first-order chi connectivity index (χ1) is 30.9. The van der Waals surface area contributed by atoms with Crippen molar-refractivity contribution in [2.24, 2.45) is 11.5 Å². The highest BCUT2D eigenvalue weighted by molar-refractivity contribution is 6.04. The van der Waals surface area contributed by atoms with Crippen molar-refractivity contribution >= 4 is 27.4 Å². The molecule has 0 radical (unpaired) electrons. The van der Waals surface area contributed by atoms with E-state index < -0.39 is 5.41 Å². The Labute approximate surface area is 370 Å². The van der Waals surface area contributed by atoms with Crippen LogP contribution in [0.5, 0.6) is 0 Å². The van der Waals surface area contributed by atoms with E-state index in [2.05, 4.69) is 195 Å². The molecule has 0 saturated carbocycles. The maximum atomic E-state index is 7.01. The number of nitrogens with two attached hydrogens (primary N) is 2. The first-order valence-corrected chi connectivity index (χ1v) is 21.5. The Morgan fingerprint density at radius 1 is 0.444 bits per heavy atom. The van der Waals surface area contributed by atoms with Crippen molar-refractivity contribution in [3.05, 3.63) is 276 Å². The number of hydrogen-bond donors (Lipinski definition) is 3. The number of amidine groups is 1. The van der Waals surface area contributed by atoms with Crippen molar-refractivity contribution in [1.82, 2.24) is 0 Å². The quantitative estimate of drug-likeness (QED) is 0.116. The second-order valence-corrected chi connectivity index (χ2v) is 16.0. The number of rotatable bonds is 6. The molecule has 0 bridgehead atoms. The summed E-state index contributed by atoms with van der Waals surface area (Å²) >= 11 is 0. The molecule has 0 spiro atoms. The summed E-state index contributed by atoms with van der Waals surface area (Å²) in [6.45, 7) is 2.59. The van der Waals surface area contributed by atoms with E-state index in [9.17, 15) is 0 Å². The fraction of sp³-hybridized carbons (Fsp3) is 0.0500. The van der Waals surface area contributed by atoms with Gasteiger partial charge in [0.15, 0.2) is 0 Å². The summed E-state index contributed by atoms with van der Waals surface area (Å²) in [6, 6.07) is 84.1. The highest BCUT2D eigenvalue weighted by Gasteiger charge is 2.46. The standard InChI is InChI=1S/C46H33N.C7H8N2.C7H8/c47-30-37-28-35-11-4-5-12-36(35)29-42(37)34-20-18-31(19-21-34)32-22-25-39(26-23-32)46(38-13-2-1-3-14-38)43-17-9-8-16-41(43)45-40-15-7-6-10-33(40)24-27-44(45)46;8-7(9)6-4-2-1-3-5-6;1-7-5-3-2-4-6-7/h1-29H,30,47H2;1-5H,(H3,8,9);2-6H,1H3. The molecule has 0 heterocycles. The van der Waals surface area contributed by atoms with Crippen LogP contribution in [0, 0.1) is 12.3 Å². The molecule has 0 saturated heterocycles. The summed E-state index contributed by atoms with van der Waals surface area (Å²) in [6.07, 6.45) is 0. The van der Waals surface area contributed by atoms with Gasteiger partial charge in [0.2, 0.25) is 0 Å². The van der Waals surface area contributed by atoms with Gasteiger partial charge in [-0.05, 0) is 102 Å². The molecule has 1 atom stereocenters. The topological polar surface area (TPSA) is 75.9 Å². The first kappa shape index (κ1) is 40.6. The molecule has 11 rings (SSSR count).